The summed E-state index contributed by atoms with van der Waals surface area (Å²) in [4.78, 5) is 14.9. The summed E-state index contributed by atoms with van der Waals surface area (Å²) in [5.74, 6) is -0.181. The number of piperidine rings is 1. The second-order valence-corrected chi connectivity index (χ2v) is 6.61. The molecule has 2 bridgehead atoms. The summed E-state index contributed by atoms with van der Waals surface area (Å²) < 4.78 is 5.79. The molecule has 114 valence electrons. The van der Waals surface area contributed by atoms with Gasteiger partial charge in [-0.1, -0.05) is 30.3 Å². The van der Waals surface area contributed by atoms with Crippen LogP contribution in [-0.4, -0.2) is 36.1 Å². The number of benzene rings is 2. The maximum Gasteiger partial charge on any atom is 0.338 e. The van der Waals surface area contributed by atoms with Crippen molar-refractivity contribution in [1.82, 2.24) is 4.90 Å². The number of ether oxygens (including phenoxy) is 1. The highest BCUT2D eigenvalue weighted by Gasteiger charge is 2.39. The number of fused-ring (bicyclic) bond motifs is 3. The van der Waals surface area contributed by atoms with E-state index in [0.29, 0.717) is 17.6 Å². The molecule has 2 aliphatic rings. The highest BCUT2D eigenvalue weighted by atomic mass is 16.5. The third kappa shape index (κ3) is 2.40. The number of hydrogen-bond acceptors (Lipinski definition) is 3. The highest BCUT2D eigenvalue weighted by Crippen LogP contribution is 2.35. The Bertz CT molecular complexity index is 697. The predicted octanol–water partition coefficient (Wildman–Crippen LogP) is 3.62. The van der Waals surface area contributed by atoms with Gasteiger partial charge in [0, 0.05) is 24.9 Å². The van der Waals surface area contributed by atoms with Gasteiger partial charge in [0.1, 0.15) is 6.10 Å². The quantitative estimate of drug-likeness (QED) is 0.793. The Morgan fingerprint density at radius 3 is 2.45 bits per heavy atom. The fraction of sp³-hybridized carbons (Fsp3) is 0.421. The lowest BCUT2D eigenvalue weighted by atomic mass is 10.0. The fourth-order valence-electron chi connectivity index (χ4n) is 3.99. The minimum atomic E-state index is -0.181. The first kappa shape index (κ1) is 13.8. The molecule has 2 aromatic rings. The molecular formula is C19H21NO2. The molecule has 0 aliphatic carbocycles. The molecule has 2 aromatic carbocycles. The van der Waals surface area contributed by atoms with Gasteiger partial charge in [0.25, 0.3) is 0 Å². The van der Waals surface area contributed by atoms with Crippen LogP contribution in [0.4, 0.5) is 0 Å². The molecule has 2 aliphatic heterocycles. The molecule has 3 atom stereocenters. The summed E-state index contributed by atoms with van der Waals surface area (Å²) in [6.45, 7) is 0. The van der Waals surface area contributed by atoms with Crippen molar-refractivity contribution in [3.63, 3.8) is 0 Å². The SMILES string of the molecule is CN1[C@@H]2CC[C@H]1CC(OC(=O)c1ccc3ccccc3c1)C2. The average molecular weight is 295 g/mol. The molecule has 3 nitrogen and oxygen atoms in total. The highest BCUT2D eigenvalue weighted by molar-refractivity contribution is 5.95. The third-order valence-electron chi connectivity index (χ3n) is 5.31. The maximum absolute atomic E-state index is 12.4. The minimum absolute atomic E-state index is 0.0765. The van der Waals surface area contributed by atoms with Crippen LogP contribution in [0.15, 0.2) is 42.5 Å². The zero-order valence-corrected chi connectivity index (χ0v) is 12.9. The van der Waals surface area contributed by atoms with Gasteiger partial charge in [0.05, 0.1) is 5.56 Å². The first-order valence-corrected chi connectivity index (χ1v) is 8.12. The predicted molar refractivity (Wildman–Crippen MR) is 87.0 cm³/mol. The Labute approximate surface area is 130 Å². The normalized spacial score (nSPS) is 28.0. The van der Waals surface area contributed by atoms with Crippen LogP contribution in [0.2, 0.25) is 0 Å². The summed E-state index contributed by atoms with van der Waals surface area (Å²) in [7, 11) is 2.20. The minimum Gasteiger partial charge on any atom is -0.459 e. The lowest BCUT2D eigenvalue weighted by Crippen LogP contribution is -2.43. The van der Waals surface area contributed by atoms with Gasteiger partial charge in [0.15, 0.2) is 0 Å². The Hall–Kier alpha value is -1.87. The lowest BCUT2D eigenvalue weighted by molar-refractivity contribution is -0.000433. The van der Waals surface area contributed by atoms with E-state index in [1.807, 2.05) is 36.4 Å². The number of rotatable bonds is 2. The van der Waals surface area contributed by atoms with E-state index in [9.17, 15) is 4.79 Å². The standard InChI is InChI=1S/C19H21NO2/c1-20-16-8-9-17(20)12-18(11-16)22-19(21)15-7-6-13-4-2-3-5-14(13)10-15/h2-7,10,16-18H,8-9,11-12H2,1H3/t16-,17+,18?. The molecular weight excluding hydrogens is 274 g/mol. The van der Waals surface area contributed by atoms with Gasteiger partial charge in [-0.2, -0.15) is 0 Å². The summed E-state index contributed by atoms with van der Waals surface area (Å²) in [6.07, 6.45) is 4.52. The van der Waals surface area contributed by atoms with Gasteiger partial charge in [-0.05, 0) is 42.8 Å². The molecule has 22 heavy (non-hydrogen) atoms. The summed E-state index contributed by atoms with van der Waals surface area (Å²) in [6, 6.07) is 15.1. The van der Waals surface area contributed by atoms with E-state index in [1.165, 1.54) is 12.8 Å². The second-order valence-electron chi connectivity index (χ2n) is 6.61. The molecule has 2 heterocycles. The monoisotopic (exact) mass is 295 g/mol. The third-order valence-corrected chi connectivity index (χ3v) is 5.31. The molecule has 3 heteroatoms. The van der Waals surface area contributed by atoms with Crippen LogP contribution in [0, 0.1) is 0 Å². The molecule has 0 amide bonds. The van der Waals surface area contributed by atoms with Gasteiger partial charge in [-0.3, -0.25) is 0 Å². The van der Waals surface area contributed by atoms with E-state index < -0.39 is 0 Å². The maximum atomic E-state index is 12.4. The van der Waals surface area contributed by atoms with Crippen LogP contribution < -0.4 is 0 Å². The Balaban J connectivity index is 1.49. The number of carbonyl (C=O) groups excluding carboxylic acids is 1. The molecule has 4 rings (SSSR count). The lowest BCUT2D eigenvalue weighted by Gasteiger charge is -2.35. The summed E-state index contributed by atoms with van der Waals surface area (Å²) in [5.41, 5.74) is 0.657. The first-order valence-electron chi connectivity index (χ1n) is 8.12. The Morgan fingerprint density at radius 2 is 1.73 bits per heavy atom. The second kappa shape index (κ2) is 5.40. The average Bonchev–Trinajstić information content (AvgIpc) is 2.75. The van der Waals surface area contributed by atoms with E-state index in [-0.39, 0.29) is 12.1 Å². The van der Waals surface area contributed by atoms with Gasteiger partial charge in [0.2, 0.25) is 0 Å². The molecule has 0 saturated carbocycles. The van der Waals surface area contributed by atoms with Crippen LogP contribution in [-0.2, 0) is 4.74 Å². The van der Waals surface area contributed by atoms with Crippen molar-refractivity contribution in [2.75, 3.05) is 7.05 Å². The number of esters is 1. The van der Waals surface area contributed by atoms with Crippen molar-refractivity contribution in [3.05, 3.63) is 48.0 Å². The van der Waals surface area contributed by atoms with Gasteiger partial charge in [-0.15, -0.1) is 0 Å². The molecule has 2 fully saturated rings. The Morgan fingerprint density at radius 1 is 1.05 bits per heavy atom. The molecule has 0 radical (unpaired) electrons. The van der Waals surface area contributed by atoms with Crippen LogP contribution in [0.1, 0.15) is 36.0 Å². The van der Waals surface area contributed by atoms with E-state index in [0.717, 1.165) is 23.6 Å². The number of nitrogens with zero attached hydrogens (tertiary/aromatic N) is 1. The zero-order chi connectivity index (χ0) is 15.1. The molecule has 0 spiro atoms. The van der Waals surface area contributed by atoms with Gasteiger partial charge >= 0.3 is 5.97 Å². The van der Waals surface area contributed by atoms with Crippen molar-refractivity contribution in [3.8, 4) is 0 Å². The van der Waals surface area contributed by atoms with Crippen molar-refractivity contribution >= 4 is 16.7 Å². The molecule has 1 unspecified atom stereocenters. The largest absolute Gasteiger partial charge is 0.459 e. The van der Waals surface area contributed by atoms with E-state index in [1.54, 1.807) is 0 Å². The van der Waals surface area contributed by atoms with Crippen molar-refractivity contribution < 1.29 is 9.53 Å². The zero-order valence-electron chi connectivity index (χ0n) is 12.9. The molecule has 0 aromatic heterocycles. The van der Waals surface area contributed by atoms with E-state index >= 15 is 0 Å². The van der Waals surface area contributed by atoms with Crippen molar-refractivity contribution in [2.45, 2.75) is 43.9 Å². The van der Waals surface area contributed by atoms with E-state index in [4.69, 9.17) is 4.74 Å². The summed E-state index contributed by atoms with van der Waals surface area (Å²) >= 11 is 0. The fourth-order valence-corrected chi connectivity index (χ4v) is 3.99. The molecule has 0 N–H and O–H groups in total. The van der Waals surface area contributed by atoms with Crippen molar-refractivity contribution in [2.24, 2.45) is 0 Å². The van der Waals surface area contributed by atoms with Crippen LogP contribution in [0.25, 0.3) is 10.8 Å². The van der Waals surface area contributed by atoms with Crippen LogP contribution >= 0.6 is 0 Å². The van der Waals surface area contributed by atoms with Crippen LogP contribution in [0.5, 0.6) is 0 Å². The van der Waals surface area contributed by atoms with Crippen molar-refractivity contribution in [1.29, 1.82) is 0 Å². The number of carbonyl (C=O) groups is 1. The van der Waals surface area contributed by atoms with Crippen LogP contribution in [0.3, 0.4) is 0 Å². The Kier molecular flexibility index (Phi) is 3.38. The number of hydrogen-bond donors (Lipinski definition) is 0. The summed E-state index contributed by atoms with van der Waals surface area (Å²) in [5, 5.41) is 2.23. The molecule has 2 saturated heterocycles. The smallest absolute Gasteiger partial charge is 0.338 e. The van der Waals surface area contributed by atoms with E-state index in [2.05, 4.69) is 18.0 Å². The van der Waals surface area contributed by atoms with Gasteiger partial charge < -0.3 is 9.64 Å². The first-order chi connectivity index (χ1) is 10.7. The topological polar surface area (TPSA) is 29.5 Å². The van der Waals surface area contributed by atoms with Gasteiger partial charge in [-0.25, -0.2) is 4.79 Å².